The second kappa shape index (κ2) is 9.05. The van der Waals surface area contributed by atoms with Gasteiger partial charge in [0.25, 0.3) is 5.91 Å². The number of nitrogens with zero attached hydrogens (tertiary/aromatic N) is 2. The predicted molar refractivity (Wildman–Crippen MR) is 139 cm³/mol. The molecule has 1 aliphatic heterocycles. The molecule has 7 heteroatoms. The number of aryl methyl sites for hydroxylation is 1. The fourth-order valence-electron chi connectivity index (χ4n) is 4.35. The molecule has 0 radical (unpaired) electrons. The zero-order chi connectivity index (χ0) is 23.8. The number of thiocarbonyl (C=S) groups is 1. The van der Waals surface area contributed by atoms with Gasteiger partial charge in [0, 0.05) is 27.7 Å². The van der Waals surface area contributed by atoms with Crippen molar-refractivity contribution in [2.24, 2.45) is 0 Å². The standard InChI is InChI=1S/C27H21ClFN3OS/c1-2-17-8-6-11-20-18(15-31(25(17)20)16-21-22(28)12-7-13-23(21)29)14-24-26(33)32(27(34)30-24)19-9-4-3-5-10-19/h3-15H,2,16H2,1H3,(H,30,34)/b24-14-. The van der Waals surface area contributed by atoms with Gasteiger partial charge in [-0.25, -0.2) is 4.39 Å². The fraction of sp³-hybridized carbons (Fsp3) is 0.111. The van der Waals surface area contributed by atoms with Crippen LogP contribution in [0.5, 0.6) is 0 Å². The lowest BCUT2D eigenvalue weighted by molar-refractivity contribution is -0.113. The number of anilines is 1. The molecule has 4 aromatic rings. The van der Waals surface area contributed by atoms with Crippen molar-refractivity contribution in [3.63, 3.8) is 0 Å². The molecule has 0 aliphatic carbocycles. The number of halogens is 2. The van der Waals surface area contributed by atoms with Crippen LogP contribution in [-0.2, 0) is 17.8 Å². The summed E-state index contributed by atoms with van der Waals surface area (Å²) in [5.41, 5.74) is 4.48. The average Bonchev–Trinajstić information content (AvgIpc) is 3.33. The second-order valence-corrected chi connectivity index (χ2v) is 8.84. The average molecular weight is 490 g/mol. The third-order valence-electron chi connectivity index (χ3n) is 5.98. The molecule has 4 nitrogen and oxygen atoms in total. The Labute approximate surface area is 207 Å². The topological polar surface area (TPSA) is 37.3 Å². The number of aromatic nitrogens is 1. The fourth-order valence-corrected chi connectivity index (χ4v) is 4.87. The van der Waals surface area contributed by atoms with Crippen LogP contribution in [0.2, 0.25) is 5.02 Å². The highest BCUT2D eigenvalue weighted by Crippen LogP contribution is 2.31. The third kappa shape index (κ3) is 3.89. The van der Waals surface area contributed by atoms with Gasteiger partial charge in [-0.15, -0.1) is 0 Å². The van der Waals surface area contributed by atoms with Crippen LogP contribution < -0.4 is 10.2 Å². The number of amides is 1. The summed E-state index contributed by atoms with van der Waals surface area (Å²) < 4.78 is 16.6. The van der Waals surface area contributed by atoms with Crippen LogP contribution in [0.3, 0.4) is 0 Å². The van der Waals surface area contributed by atoms with Crippen LogP contribution in [0, 0.1) is 5.82 Å². The van der Waals surface area contributed by atoms with Crippen LogP contribution in [0.25, 0.3) is 17.0 Å². The molecule has 2 heterocycles. The molecule has 0 spiro atoms. The molecular formula is C27H21ClFN3OS. The summed E-state index contributed by atoms with van der Waals surface area (Å²) in [7, 11) is 0. The van der Waals surface area contributed by atoms with E-state index in [1.54, 1.807) is 18.2 Å². The molecule has 0 bridgehead atoms. The van der Waals surface area contributed by atoms with E-state index in [2.05, 4.69) is 18.3 Å². The molecule has 0 unspecified atom stereocenters. The van der Waals surface area contributed by atoms with Gasteiger partial charge >= 0.3 is 0 Å². The highest BCUT2D eigenvalue weighted by Gasteiger charge is 2.32. The Hall–Kier alpha value is -3.48. The normalized spacial score (nSPS) is 14.9. The minimum absolute atomic E-state index is 0.221. The lowest BCUT2D eigenvalue weighted by Gasteiger charge is -2.13. The number of rotatable bonds is 5. The van der Waals surface area contributed by atoms with Gasteiger partial charge in [0.15, 0.2) is 5.11 Å². The Kier molecular flexibility index (Phi) is 5.94. The quantitative estimate of drug-likeness (QED) is 0.264. The largest absolute Gasteiger partial charge is 0.342 e. The summed E-state index contributed by atoms with van der Waals surface area (Å²) in [6.07, 6.45) is 4.55. The number of fused-ring (bicyclic) bond motifs is 1. The Balaban J connectivity index is 1.60. The molecule has 1 fully saturated rings. The van der Waals surface area contributed by atoms with E-state index in [1.165, 1.54) is 11.0 Å². The predicted octanol–water partition coefficient (Wildman–Crippen LogP) is 6.31. The first-order valence-corrected chi connectivity index (χ1v) is 11.7. The van der Waals surface area contributed by atoms with E-state index >= 15 is 0 Å². The summed E-state index contributed by atoms with van der Waals surface area (Å²) in [6, 6.07) is 20.1. The Morgan fingerprint density at radius 2 is 1.82 bits per heavy atom. The number of carbonyl (C=O) groups excluding carboxylic acids is 1. The van der Waals surface area contributed by atoms with E-state index in [1.807, 2.05) is 53.2 Å². The highest BCUT2D eigenvalue weighted by atomic mass is 35.5. The number of carbonyl (C=O) groups is 1. The lowest BCUT2D eigenvalue weighted by Crippen LogP contribution is -2.30. The molecule has 5 rings (SSSR count). The number of para-hydroxylation sites is 2. The van der Waals surface area contributed by atoms with Crippen molar-refractivity contribution in [3.8, 4) is 0 Å². The summed E-state index contributed by atoms with van der Waals surface area (Å²) >= 11 is 11.8. The number of benzene rings is 3. The van der Waals surface area contributed by atoms with Gasteiger partial charge in [0.2, 0.25) is 0 Å². The molecule has 1 N–H and O–H groups in total. The van der Waals surface area contributed by atoms with Crippen LogP contribution in [0.15, 0.2) is 78.6 Å². The monoisotopic (exact) mass is 489 g/mol. The van der Waals surface area contributed by atoms with Gasteiger partial charge < -0.3 is 9.88 Å². The van der Waals surface area contributed by atoms with Gasteiger partial charge in [-0.2, -0.15) is 0 Å². The third-order valence-corrected chi connectivity index (χ3v) is 6.61. The first kappa shape index (κ1) is 22.3. The van der Waals surface area contributed by atoms with Crippen molar-refractivity contribution >= 4 is 57.5 Å². The lowest BCUT2D eigenvalue weighted by atomic mass is 10.1. The SMILES string of the molecule is CCc1cccc2c(/C=C3\NC(=S)N(c4ccccc4)C3=O)cn(Cc3c(F)cccc3Cl)c12. The van der Waals surface area contributed by atoms with E-state index < -0.39 is 0 Å². The van der Waals surface area contributed by atoms with Gasteiger partial charge in [-0.05, 0) is 54.5 Å². The highest BCUT2D eigenvalue weighted by molar-refractivity contribution is 7.80. The molecule has 34 heavy (non-hydrogen) atoms. The Morgan fingerprint density at radius 3 is 2.56 bits per heavy atom. The van der Waals surface area contributed by atoms with Crippen molar-refractivity contribution in [1.82, 2.24) is 9.88 Å². The molecule has 3 aromatic carbocycles. The van der Waals surface area contributed by atoms with Crippen molar-refractivity contribution in [3.05, 3.63) is 106 Å². The van der Waals surface area contributed by atoms with Crippen molar-refractivity contribution < 1.29 is 9.18 Å². The van der Waals surface area contributed by atoms with Gasteiger partial charge in [0.05, 0.1) is 17.7 Å². The molecule has 1 aliphatic rings. The molecular weight excluding hydrogens is 469 g/mol. The van der Waals surface area contributed by atoms with Crippen LogP contribution >= 0.6 is 23.8 Å². The van der Waals surface area contributed by atoms with Gasteiger partial charge in [-0.3, -0.25) is 9.69 Å². The number of hydrogen-bond donors (Lipinski definition) is 1. The zero-order valence-electron chi connectivity index (χ0n) is 18.4. The minimum Gasteiger partial charge on any atom is -0.342 e. The first-order chi connectivity index (χ1) is 16.5. The van der Waals surface area contributed by atoms with E-state index in [4.69, 9.17) is 23.8 Å². The Morgan fingerprint density at radius 1 is 1.06 bits per heavy atom. The maximum Gasteiger partial charge on any atom is 0.281 e. The van der Waals surface area contributed by atoms with E-state index in [0.717, 1.165) is 28.5 Å². The van der Waals surface area contributed by atoms with Crippen LogP contribution in [0.1, 0.15) is 23.6 Å². The molecule has 1 aromatic heterocycles. The summed E-state index contributed by atoms with van der Waals surface area (Å²) in [6.45, 7) is 2.36. The van der Waals surface area contributed by atoms with Crippen LogP contribution in [-0.4, -0.2) is 15.6 Å². The minimum atomic E-state index is -0.347. The van der Waals surface area contributed by atoms with Crippen molar-refractivity contribution in [2.75, 3.05) is 4.90 Å². The number of nitrogens with one attached hydrogen (secondary N) is 1. The first-order valence-electron chi connectivity index (χ1n) is 10.9. The number of hydrogen-bond acceptors (Lipinski definition) is 2. The molecule has 0 saturated carbocycles. The molecule has 1 amide bonds. The van der Waals surface area contributed by atoms with E-state index in [0.29, 0.717) is 27.1 Å². The molecule has 0 atom stereocenters. The summed E-state index contributed by atoms with van der Waals surface area (Å²) in [5.74, 6) is -0.569. The molecule has 1 saturated heterocycles. The van der Waals surface area contributed by atoms with E-state index in [-0.39, 0.29) is 18.3 Å². The zero-order valence-corrected chi connectivity index (χ0v) is 20.0. The van der Waals surface area contributed by atoms with Gasteiger partial charge in [0.1, 0.15) is 11.5 Å². The smallest absolute Gasteiger partial charge is 0.281 e. The maximum atomic E-state index is 14.6. The Bertz CT molecular complexity index is 1440. The van der Waals surface area contributed by atoms with Gasteiger partial charge in [-0.1, -0.05) is 61.0 Å². The summed E-state index contributed by atoms with van der Waals surface area (Å²) in [5, 5.41) is 4.73. The maximum absolute atomic E-state index is 14.6. The van der Waals surface area contributed by atoms with E-state index in [9.17, 15) is 9.18 Å². The van der Waals surface area contributed by atoms with Crippen molar-refractivity contribution in [1.29, 1.82) is 0 Å². The second-order valence-electron chi connectivity index (χ2n) is 8.04. The van der Waals surface area contributed by atoms with Crippen molar-refractivity contribution in [2.45, 2.75) is 19.9 Å². The summed E-state index contributed by atoms with van der Waals surface area (Å²) in [4.78, 5) is 14.7. The van der Waals surface area contributed by atoms with Crippen LogP contribution in [0.4, 0.5) is 10.1 Å². The molecule has 170 valence electrons.